The van der Waals surface area contributed by atoms with Crippen LogP contribution in [0.4, 0.5) is 0 Å². The van der Waals surface area contributed by atoms with Gasteiger partial charge in [0.05, 0.1) is 6.61 Å². The largest absolute Gasteiger partial charge is 0.466 e. The Labute approximate surface area is 76.5 Å². The predicted molar refractivity (Wildman–Crippen MR) is 31.5 cm³/mol. The molecule has 0 spiro atoms. The zero-order chi connectivity index (χ0) is 6.41. The topological polar surface area (TPSA) is 26.3 Å². The first kappa shape index (κ1) is 12.1. The molecule has 0 radical (unpaired) electrons. The fraction of sp³-hybridized carbons (Fsp3) is 0.833. The van der Waals surface area contributed by atoms with Gasteiger partial charge >= 0.3 is 5.97 Å². The molecular weight excluding hydrogens is 305 g/mol. The molecule has 0 bridgehead atoms. The average Bonchev–Trinajstić information content (AvgIpc) is 1.68. The third-order valence-electron chi connectivity index (χ3n) is 0.759. The first-order valence-corrected chi connectivity index (χ1v) is 2.96. The summed E-state index contributed by atoms with van der Waals surface area (Å²) in [5.74, 6) is -0.0880. The molecule has 0 fully saturated rings. The summed E-state index contributed by atoms with van der Waals surface area (Å²) in [7, 11) is 0. The minimum Gasteiger partial charge on any atom is -0.466 e. The number of esters is 1. The van der Waals surface area contributed by atoms with Crippen molar-refractivity contribution in [3.8, 4) is 0 Å². The van der Waals surface area contributed by atoms with Gasteiger partial charge in [0.1, 0.15) is 0 Å². The van der Waals surface area contributed by atoms with Crippen molar-refractivity contribution in [1.29, 1.82) is 0 Å². The normalized spacial score (nSPS) is 7.78. The summed E-state index contributed by atoms with van der Waals surface area (Å²) in [6.45, 7) is 4.27. The summed E-state index contributed by atoms with van der Waals surface area (Å²) >= 11 is 0. The van der Waals surface area contributed by atoms with E-state index >= 15 is 0 Å². The summed E-state index contributed by atoms with van der Waals surface area (Å²) in [6, 6.07) is 0. The van der Waals surface area contributed by atoms with E-state index in [0.717, 1.165) is 6.42 Å². The van der Waals surface area contributed by atoms with Crippen molar-refractivity contribution in [2.24, 2.45) is 0 Å². The maximum atomic E-state index is 10.4. The molecule has 3 heteroatoms. The Hall–Kier alpha value is 0.405. The van der Waals surface area contributed by atoms with Crippen LogP contribution in [-0.2, 0) is 37.2 Å². The van der Waals surface area contributed by atoms with E-state index in [1.54, 1.807) is 0 Å². The molecule has 0 rings (SSSR count). The minimum absolute atomic E-state index is 0. The minimum atomic E-state index is -0.0880. The van der Waals surface area contributed by atoms with Gasteiger partial charge in [-0.3, -0.25) is 4.79 Å². The van der Waals surface area contributed by atoms with Gasteiger partial charge in [-0.1, -0.05) is 6.92 Å². The molecule has 0 saturated carbocycles. The van der Waals surface area contributed by atoms with Gasteiger partial charge < -0.3 is 4.74 Å². The molecule has 0 aromatic carbocycles. The van der Waals surface area contributed by atoms with Crippen molar-refractivity contribution in [2.75, 3.05) is 6.61 Å². The summed E-state index contributed by atoms with van der Waals surface area (Å²) < 4.78 is 4.64. The molecule has 0 heterocycles. The Morgan fingerprint density at radius 1 is 1.44 bits per heavy atom. The van der Waals surface area contributed by atoms with Crippen LogP contribution in [0.1, 0.15) is 26.7 Å². The Balaban J connectivity index is 0. The third kappa shape index (κ3) is 8.41. The third-order valence-corrected chi connectivity index (χ3v) is 0.759. The maximum absolute atomic E-state index is 10.4. The second-order valence-electron chi connectivity index (χ2n) is 1.56. The van der Waals surface area contributed by atoms with Crippen LogP contribution in [-0.4, -0.2) is 12.6 Å². The van der Waals surface area contributed by atoms with Crippen LogP contribution < -0.4 is 0 Å². The molecule has 0 amide bonds. The quantitative estimate of drug-likeness (QED) is 0.580. The number of rotatable bonds is 3. The summed E-state index contributed by atoms with van der Waals surface area (Å²) in [4.78, 5) is 10.4. The Morgan fingerprint density at radius 2 is 2.00 bits per heavy atom. The van der Waals surface area contributed by atoms with Crippen LogP contribution in [0.2, 0.25) is 0 Å². The molecule has 0 N–H and O–H groups in total. The van der Waals surface area contributed by atoms with Crippen LogP contribution in [0.3, 0.4) is 0 Å². The molecule has 50 valence electrons. The van der Waals surface area contributed by atoms with Crippen LogP contribution >= 0.6 is 0 Å². The van der Waals surface area contributed by atoms with Crippen LogP contribution in [0.5, 0.6) is 0 Å². The molecule has 0 aromatic rings. The first-order valence-electron chi connectivity index (χ1n) is 2.96. The standard InChI is InChI=1S/C6H12O2.Hg/c1-3-5-6(7)8-4-2;/h3-5H2,1-2H3;. The first-order chi connectivity index (χ1) is 3.81. The van der Waals surface area contributed by atoms with Gasteiger partial charge in [-0.15, -0.1) is 0 Å². The smallest absolute Gasteiger partial charge is 0.305 e. The number of carbonyl (C=O) groups is 1. The average molecular weight is 317 g/mol. The van der Waals surface area contributed by atoms with Crippen molar-refractivity contribution in [3.63, 3.8) is 0 Å². The molecular formula is C6H12HgO2. The van der Waals surface area contributed by atoms with Gasteiger partial charge in [0.15, 0.2) is 0 Å². The van der Waals surface area contributed by atoms with Crippen LogP contribution in [0, 0.1) is 0 Å². The zero-order valence-corrected chi connectivity index (χ0v) is 11.6. The van der Waals surface area contributed by atoms with Crippen molar-refractivity contribution in [2.45, 2.75) is 26.7 Å². The van der Waals surface area contributed by atoms with Crippen molar-refractivity contribution in [3.05, 3.63) is 0 Å². The Bertz CT molecular complexity index is 65.5. The predicted octanol–water partition coefficient (Wildman–Crippen LogP) is 1.35. The summed E-state index contributed by atoms with van der Waals surface area (Å²) in [6.07, 6.45) is 1.42. The van der Waals surface area contributed by atoms with Gasteiger partial charge in [-0.05, 0) is 13.3 Å². The van der Waals surface area contributed by atoms with Crippen molar-refractivity contribution in [1.82, 2.24) is 0 Å². The Morgan fingerprint density at radius 3 is 2.33 bits per heavy atom. The van der Waals surface area contributed by atoms with Gasteiger partial charge in [0, 0.05) is 34.1 Å². The molecule has 9 heavy (non-hydrogen) atoms. The number of hydrogen-bond donors (Lipinski definition) is 0. The molecule has 0 saturated heterocycles. The molecule has 0 aliphatic rings. The molecule has 2 nitrogen and oxygen atoms in total. The summed E-state index contributed by atoms with van der Waals surface area (Å²) in [5.41, 5.74) is 0. The van der Waals surface area contributed by atoms with Crippen molar-refractivity contribution < 1.29 is 37.2 Å². The van der Waals surface area contributed by atoms with Gasteiger partial charge in [0.2, 0.25) is 0 Å². The second-order valence-corrected chi connectivity index (χ2v) is 1.56. The zero-order valence-electron chi connectivity index (χ0n) is 6.14. The van der Waals surface area contributed by atoms with E-state index in [1.807, 2.05) is 13.8 Å². The SMILES string of the molecule is CCCC(=O)OCC.[Hg]. The van der Waals surface area contributed by atoms with E-state index in [4.69, 9.17) is 0 Å². The monoisotopic (exact) mass is 318 g/mol. The number of ether oxygens (including phenoxy) is 1. The molecule has 0 unspecified atom stereocenters. The molecule has 0 aliphatic carbocycles. The second kappa shape index (κ2) is 8.41. The fourth-order valence-corrected chi connectivity index (χ4v) is 0.437. The molecule has 0 aliphatic heterocycles. The van der Waals surface area contributed by atoms with Crippen LogP contribution in [0.25, 0.3) is 0 Å². The number of carbonyl (C=O) groups excluding carboxylic acids is 1. The van der Waals surface area contributed by atoms with E-state index in [1.165, 1.54) is 0 Å². The Kier molecular flexibility index (Phi) is 11.3. The van der Waals surface area contributed by atoms with Crippen LogP contribution in [0.15, 0.2) is 0 Å². The van der Waals surface area contributed by atoms with Gasteiger partial charge in [0.25, 0.3) is 0 Å². The molecule has 0 aromatic heterocycles. The maximum Gasteiger partial charge on any atom is 0.305 e. The van der Waals surface area contributed by atoms with Crippen molar-refractivity contribution >= 4 is 5.97 Å². The van der Waals surface area contributed by atoms with E-state index in [9.17, 15) is 4.79 Å². The number of hydrogen-bond acceptors (Lipinski definition) is 2. The summed E-state index contributed by atoms with van der Waals surface area (Å²) in [5, 5.41) is 0. The van der Waals surface area contributed by atoms with E-state index in [2.05, 4.69) is 4.74 Å². The van der Waals surface area contributed by atoms with E-state index < -0.39 is 0 Å². The van der Waals surface area contributed by atoms with Gasteiger partial charge in [-0.2, -0.15) is 0 Å². The van der Waals surface area contributed by atoms with Gasteiger partial charge in [-0.25, -0.2) is 0 Å². The van der Waals surface area contributed by atoms with E-state index in [-0.39, 0.29) is 33.6 Å². The fourth-order valence-electron chi connectivity index (χ4n) is 0.437. The molecule has 0 atom stereocenters. The van der Waals surface area contributed by atoms with E-state index in [0.29, 0.717) is 13.0 Å².